The van der Waals surface area contributed by atoms with Gasteiger partial charge in [0.05, 0.1) is 12.7 Å². The highest BCUT2D eigenvalue weighted by atomic mass is 16.5. The number of hydrogen-bond acceptors (Lipinski definition) is 4. The normalized spacial score (nSPS) is 10.4. The van der Waals surface area contributed by atoms with Gasteiger partial charge in [0.15, 0.2) is 5.78 Å². The summed E-state index contributed by atoms with van der Waals surface area (Å²) in [5.41, 5.74) is 2.74. The molecule has 2 rings (SSSR count). The Balaban J connectivity index is 1.79. The Labute approximate surface area is 164 Å². The van der Waals surface area contributed by atoms with Gasteiger partial charge in [-0.1, -0.05) is 37.3 Å². The van der Waals surface area contributed by atoms with E-state index in [9.17, 15) is 14.4 Å². The molecule has 0 heterocycles. The summed E-state index contributed by atoms with van der Waals surface area (Å²) in [7, 11) is 1.47. The molecule has 148 valence electrons. The molecular formula is C22H25NO5. The van der Waals surface area contributed by atoms with Gasteiger partial charge in [0.1, 0.15) is 5.75 Å². The molecule has 6 nitrogen and oxygen atoms in total. The smallest absolute Gasteiger partial charge is 0.335 e. The third kappa shape index (κ3) is 5.94. The maximum atomic E-state index is 12.2. The van der Waals surface area contributed by atoms with Crippen LogP contribution in [0.15, 0.2) is 42.5 Å². The number of aromatic carboxylic acids is 1. The first-order valence-corrected chi connectivity index (χ1v) is 9.23. The van der Waals surface area contributed by atoms with E-state index >= 15 is 0 Å². The lowest BCUT2D eigenvalue weighted by atomic mass is 10.0. The van der Waals surface area contributed by atoms with Crippen molar-refractivity contribution in [2.45, 2.75) is 32.6 Å². The number of benzene rings is 2. The van der Waals surface area contributed by atoms with E-state index in [-0.39, 0.29) is 30.1 Å². The molecule has 0 aliphatic rings. The summed E-state index contributed by atoms with van der Waals surface area (Å²) in [5, 5.41) is 11.8. The van der Waals surface area contributed by atoms with Crippen LogP contribution >= 0.6 is 0 Å². The number of nitrogens with one attached hydrogen (secondary N) is 1. The second-order valence-electron chi connectivity index (χ2n) is 6.41. The zero-order chi connectivity index (χ0) is 20.5. The van der Waals surface area contributed by atoms with Gasteiger partial charge < -0.3 is 15.2 Å². The fraction of sp³-hybridized carbons (Fsp3) is 0.318. The van der Waals surface area contributed by atoms with Crippen LogP contribution in [0.25, 0.3) is 0 Å². The van der Waals surface area contributed by atoms with E-state index in [2.05, 4.69) is 12.2 Å². The Morgan fingerprint density at radius 1 is 1.00 bits per heavy atom. The fourth-order valence-corrected chi connectivity index (χ4v) is 2.81. The number of carbonyl (C=O) groups is 3. The highest BCUT2D eigenvalue weighted by Crippen LogP contribution is 2.20. The maximum absolute atomic E-state index is 12.2. The molecular weight excluding hydrogens is 358 g/mol. The van der Waals surface area contributed by atoms with Crippen LogP contribution in [0, 0.1) is 0 Å². The number of hydrogen-bond donors (Lipinski definition) is 2. The van der Waals surface area contributed by atoms with Crippen molar-refractivity contribution >= 4 is 17.7 Å². The van der Waals surface area contributed by atoms with Crippen LogP contribution in [0.1, 0.15) is 51.6 Å². The molecule has 0 saturated carbocycles. The summed E-state index contributed by atoms with van der Waals surface area (Å²) in [6.45, 7) is 2.43. The Kier molecular flexibility index (Phi) is 7.75. The predicted molar refractivity (Wildman–Crippen MR) is 106 cm³/mol. The number of Topliss-reactive ketones (excluding diaryl/α,β-unsaturated/α-hetero) is 1. The lowest BCUT2D eigenvalue weighted by Crippen LogP contribution is -2.26. The van der Waals surface area contributed by atoms with Crippen LogP contribution in [0.5, 0.6) is 5.75 Å². The molecule has 2 aromatic rings. The molecule has 0 fully saturated rings. The fourth-order valence-electron chi connectivity index (χ4n) is 2.81. The molecule has 0 aliphatic carbocycles. The lowest BCUT2D eigenvalue weighted by molar-refractivity contribution is -0.121. The molecule has 0 saturated heterocycles. The summed E-state index contributed by atoms with van der Waals surface area (Å²) in [4.78, 5) is 35.2. The van der Waals surface area contributed by atoms with Gasteiger partial charge in [-0.25, -0.2) is 4.79 Å². The Bertz CT molecular complexity index is 843. The van der Waals surface area contributed by atoms with E-state index in [0.29, 0.717) is 24.3 Å². The summed E-state index contributed by atoms with van der Waals surface area (Å²) in [6, 6.07) is 12.1. The second kappa shape index (κ2) is 10.3. The SMILES string of the molecule is CCc1ccc(C(=O)CCC(=O)NCCc2ccc(C(=O)O)cc2OC)cc1. The molecule has 0 aromatic heterocycles. The van der Waals surface area contributed by atoms with Gasteiger partial charge >= 0.3 is 5.97 Å². The van der Waals surface area contributed by atoms with Crippen LogP contribution in [0.4, 0.5) is 0 Å². The summed E-state index contributed by atoms with van der Waals surface area (Å²) < 4.78 is 5.22. The highest BCUT2D eigenvalue weighted by Gasteiger charge is 2.11. The minimum absolute atomic E-state index is 0.0521. The van der Waals surface area contributed by atoms with E-state index in [1.165, 1.54) is 24.8 Å². The van der Waals surface area contributed by atoms with Crippen LogP contribution in [-0.2, 0) is 17.6 Å². The Hall–Kier alpha value is -3.15. The summed E-state index contributed by atoms with van der Waals surface area (Å²) >= 11 is 0. The van der Waals surface area contributed by atoms with E-state index in [1.54, 1.807) is 18.2 Å². The first kappa shape index (κ1) is 21.2. The molecule has 0 atom stereocenters. The van der Waals surface area contributed by atoms with Crippen LogP contribution < -0.4 is 10.1 Å². The first-order valence-electron chi connectivity index (χ1n) is 9.23. The van der Waals surface area contributed by atoms with Gasteiger partial charge in [-0.05, 0) is 36.1 Å². The number of ether oxygens (including phenoxy) is 1. The molecule has 2 N–H and O–H groups in total. The minimum Gasteiger partial charge on any atom is -0.496 e. The number of aryl methyl sites for hydroxylation is 1. The first-order chi connectivity index (χ1) is 13.4. The van der Waals surface area contributed by atoms with Crippen molar-refractivity contribution < 1.29 is 24.2 Å². The number of rotatable bonds is 10. The van der Waals surface area contributed by atoms with Gasteiger partial charge in [-0.15, -0.1) is 0 Å². The quantitative estimate of drug-likeness (QED) is 0.614. The van der Waals surface area contributed by atoms with Crippen molar-refractivity contribution in [2.24, 2.45) is 0 Å². The van der Waals surface area contributed by atoms with Crippen molar-refractivity contribution in [3.8, 4) is 5.75 Å². The summed E-state index contributed by atoms with van der Waals surface area (Å²) in [5.74, 6) is -0.796. The third-order valence-corrected chi connectivity index (χ3v) is 4.51. The lowest BCUT2D eigenvalue weighted by Gasteiger charge is -2.10. The topological polar surface area (TPSA) is 92.7 Å². The van der Waals surface area contributed by atoms with Gasteiger partial charge in [-0.2, -0.15) is 0 Å². The standard InChI is InChI=1S/C22H25NO5/c1-3-15-4-6-16(7-5-15)19(24)10-11-21(25)23-13-12-17-8-9-18(22(26)27)14-20(17)28-2/h4-9,14H,3,10-13H2,1-2H3,(H,23,25)(H,26,27). The Morgan fingerprint density at radius 2 is 1.68 bits per heavy atom. The molecule has 28 heavy (non-hydrogen) atoms. The second-order valence-corrected chi connectivity index (χ2v) is 6.41. The molecule has 0 unspecified atom stereocenters. The van der Waals surface area contributed by atoms with E-state index in [1.807, 2.05) is 12.1 Å². The van der Waals surface area contributed by atoms with Crippen molar-refractivity contribution in [2.75, 3.05) is 13.7 Å². The predicted octanol–water partition coefficient (Wildman–Crippen LogP) is 3.28. The number of amides is 1. The van der Waals surface area contributed by atoms with Crippen molar-refractivity contribution in [3.63, 3.8) is 0 Å². The van der Waals surface area contributed by atoms with Crippen LogP contribution in [0.3, 0.4) is 0 Å². The monoisotopic (exact) mass is 383 g/mol. The minimum atomic E-state index is -1.02. The van der Waals surface area contributed by atoms with Crippen LogP contribution in [-0.4, -0.2) is 36.4 Å². The molecule has 0 spiro atoms. The van der Waals surface area contributed by atoms with Crippen molar-refractivity contribution in [1.82, 2.24) is 5.32 Å². The number of carbonyl (C=O) groups excluding carboxylic acids is 2. The van der Waals surface area contributed by atoms with Crippen molar-refractivity contribution in [3.05, 3.63) is 64.7 Å². The average Bonchev–Trinajstić information content (AvgIpc) is 2.72. The molecule has 0 radical (unpaired) electrons. The number of carboxylic acids is 1. The summed E-state index contributed by atoms with van der Waals surface area (Å²) in [6.07, 6.45) is 1.71. The highest BCUT2D eigenvalue weighted by molar-refractivity contribution is 5.98. The van der Waals surface area contributed by atoms with Crippen LogP contribution in [0.2, 0.25) is 0 Å². The maximum Gasteiger partial charge on any atom is 0.335 e. The third-order valence-electron chi connectivity index (χ3n) is 4.51. The van der Waals surface area contributed by atoms with E-state index < -0.39 is 5.97 Å². The number of ketones is 1. The molecule has 0 bridgehead atoms. The number of methoxy groups -OCH3 is 1. The zero-order valence-corrected chi connectivity index (χ0v) is 16.2. The Morgan fingerprint density at radius 3 is 2.29 bits per heavy atom. The van der Waals surface area contributed by atoms with E-state index in [4.69, 9.17) is 9.84 Å². The van der Waals surface area contributed by atoms with Gasteiger partial charge in [0.2, 0.25) is 5.91 Å². The number of carboxylic acid groups (broad SMARTS) is 1. The van der Waals surface area contributed by atoms with E-state index in [0.717, 1.165) is 12.0 Å². The average molecular weight is 383 g/mol. The van der Waals surface area contributed by atoms with Gasteiger partial charge in [-0.3, -0.25) is 9.59 Å². The zero-order valence-electron chi connectivity index (χ0n) is 16.2. The largest absolute Gasteiger partial charge is 0.496 e. The molecule has 6 heteroatoms. The molecule has 1 amide bonds. The molecule has 2 aromatic carbocycles. The van der Waals surface area contributed by atoms with Gasteiger partial charge in [0, 0.05) is 24.9 Å². The molecule has 0 aliphatic heterocycles. The van der Waals surface area contributed by atoms with Crippen molar-refractivity contribution in [1.29, 1.82) is 0 Å². The van der Waals surface area contributed by atoms with Gasteiger partial charge in [0.25, 0.3) is 0 Å².